The van der Waals surface area contributed by atoms with E-state index in [1.165, 1.54) is 5.39 Å². The van der Waals surface area contributed by atoms with Crippen molar-refractivity contribution in [1.29, 1.82) is 0 Å². The maximum absolute atomic E-state index is 4.16. The lowest BCUT2D eigenvalue weighted by atomic mass is 10.2. The Hall–Kier alpha value is -1.51. The fourth-order valence-electron chi connectivity index (χ4n) is 1.32. The van der Waals surface area contributed by atoms with Crippen molar-refractivity contribution in [3.63, 3.8) is 0 Å². The Bertz CT molecular complexity index is 404. The standard InChI is InChI=1S/C9H11N3.C2H6/c1-10-8-3-4-9-7(5-8)6-11-12(9)2;1-2/h3-6,10H,1-2H3;1-2H3. The van der Waals surface area contributed by atoms with E-state index in [0.29, 0.717) is 0 Å². The molecule has 0 atom stereocenters. The van der Waals surface area contributed by atoms with Crippen LogP contribution in [0.2, 0.25) is 0 Å². The summed E-state index contributed by atoms with van der Waals surface area (Å²) in [6.07, 6.45) is 1.87. The topological polar surface area (TPSA) is 29.9 Å². The molecule has 3 nitrogen and oxygen atoms in total. The predicted molar refractivity (Wildman–Crippen MR) is 61.6 cm³/mol. The number of aryl methyl sites for hydroxylation is 1. The second kappa shape index (κ2) is 4.65. The lowest BCUT2D eigenvalue weighted by Crippen LogP contribution is -1.89. The first-order valence-electron chi connectivity index (χ1n) is 4.91. The fourth-order valence-corrected chi connectivity index (χ4v) is 1.32. The summed E-state index contributed by atoms with van der Waals surface area (Å²) >= 11 is 0. The number of aromatic nitrogens is 2. The zero-order chi connectivity index (χ0) is 10.6. The van der Waals surface area contributed by atoms with Gasteiger partial charge in [-0.15, -0.1) is 0 Å². The van der Waals surface area contributed by atoms with E-state index in [1.807, 2.05) is 44.9 Å². The maximum Gasteiger partial charge on any atom is 0.0680 e. The summed E-state index contributed by atoms with van der Waals surface area (Å²) in [6.45, 7) is 4.00. The molecule has 0 fully saturated rings. The summed E-state index contributed by atoms with van der Waals surface area (Å²) in [7, 11) is 3.86. The van der Waals surface area contributed by atoms with Crippen molar-refractivity contribution in [2.24, 2.45) is 7.05 Å². The lowest BCUT2D eigenvalue weighted by Gasteiger charge is -1.99. The highest BCUT2D eigenvalue weighted by Crippen LogP contribution is 2.17. The molecular weight excluding hydrogens is 174 g/mol. The summed E-state index contributed by atoms with van der Waals surface area (Å²) in [5.41, 5.74) is 2.28. The number of fused-ring (bicyclic) bond motifs is 1. The minimum atomic E-state index is 1.12. The highest BCUT2D eigenvalue weighted by atomic mass is 15.2. The molecule has 1 N–H and O–H groups in total. The van der Waals surface area contributed by atoms with Crippen LogP contribution in [0.1, 0.15) is 13.8 Å². The molecule has 0 unspecified atom stereocenters. The molecule has 1 aromatic heterocycles. The van der Waals surface area contributed by atoms with Gasteiger partial charge in [-0.25, -0.2) is 0 Å². The van der Waals surface area contributed by atoms with E-state index in [4.69, 9.17) is 0 Å². The molecule has 0 amide bonds. The molecule has 0 aliphatic heterocycles. The Morgan fingerprint density at radius 2 is 2.00 bits per heavy atom. The monoisotopic (exact) mass is 191 g/mol. The zero-order valence-electron chi connectivity index (χ0n) is 9.20. The molecule has 0 aliphatic rings. The minimum Gasteiger partial charge on any atom is -0.388 e. The second-order valence-electron chi connectivity index (χ2n) is 2.79. The number of anilines is 1. The van der Waals surface area contributed by atoms with E-state index in [0.717, 1.165) is 11.2 Å². The van der Waals surface area contributed by atoms with Crippen LogP contribution in [0, 0.1) is 0 Å². The van der Waals surface area contributed by atoms with Crippen LogP contribution in [-0.2, 0) is 7.05 Å². The Morgan fingerprint density at radius 3 is 2.64 bits per heavy atom. The quantitative estimate of drug-likeness (QED) is 0.751. The highest BCUT2D eigenvalue weighted by molar-refractivity contribution is 5.82. The van der Waals surface area contributed by atoms with Gasteiger partial charge in [-0.3, -0.25) is 4.68 Å². The third kappa shape index (κ3) is 1.87. The number of rotatable bonds is 1. The van der Waals surface area contributed by atoms with Gasteiger partial charge in [0.05, 0.1) is 11.7 Å². The van der Waals surface area contributed by atoms with Crippen molar-refractivity contribution in [3.05, 3.63) is 24.4 Å². The molecule has 76 valence electrons. The van der Waals surface area contributed by atoms with Crippen molar-refractivity contribution in [2.75, 3.05) is 12.4 Å². The minimum absolute atomic E-state index is 1.12. The summed E-state index contributed by atoms with van der Waals surface area (Å²) in [5.74, 6) is 0. The Kier molecular flexibility index (Phi) is 3.51. The molecular formula is C11H17N3. The van der Waals surface area contributed by atoms with E-state index in [2.05, 4.69) is 22.5 Å². The molecule has 0 spiro atoms. The molecule has 0 aliphatic carbocycles. The smallest absolute Gasteiger partial charge is 0.0680 e. The van der Waals surface area contributed by atoms with Gasteiger partial charge in [-0.2, -0.15) is 5.10 Å². The van der Waals surface area contributed by atoms with Crippen molar-refractivity contribution in [2.45, 2.75) is 13.8 Å². The molecule has 14 heavy (non-hydrogen) atoms. The van der Waals surface area contributed by atoms with Crippen molar-refractivity contribution in [3.8, 4) is 0 Å². The lowest BCUT2D eigenvalue weighted by molar-refractivity contribution is 0.797. The number of benzene rings is 1. The number of hydrogen-bond acceptors (Lipinski definition) is 2. The average Bonchev–Trinajstić information content (AvgIpc) is 2.63. The molecule has 1 aromatic carbocycles. The van der Waals surface area contributed by atoms with E-state index in [9.17, 15) is 0 Å². The first-order valence-corrected chi connectivity index (χ1v) is 4.91. The average molecular weight is 191 g/mol. The van der Waals surface area contributed by atoms with Crippen molar-refractivity contribution < 1.29 is 0 Å². The van der Waals surface area contributed by atoms with E-state index in [-0.39, 0.29) is 0 Å². The molecule has 0 saturated heterocycles. The molecule has 1 heterocycles. The summed E-state index contributed by atoms with van der Waals surface area (Å²) < 4.78 is 1.87. The van der Waals surface area contributed by atoms with Gasteiger partial charge in [-0.1, -0.05) is 13.8 Å². The van der Waals surface area contributed by atoms with Gasteiger partial charge in [-0.05, 0) is 18.2 Å². The van der Waals surface area contributed by atoms with Crippen LogP contribution in [-0.4, -0.2) is 16.8 Å². The fraction of sp³-hybridized carbons (Fsp3) is 0.364. The van der Waals surface area contributed by atoms with Gasteiger partial charge in [0.25, 0.3) is 0 Å². The molecule has 2 rings (SSSR count). The predicted octanol–water partition coefficient (Wildman–Crippen LogP) is 2.64. The number of nitrogens with zero attached hydrogens (tertiary/aromatic N) is 2. The van der Waals surface area contributed by atoms with Crippen molar-refractivity contribution in [1.82, 2.24) is 9.78 Å². The van der Waals surface area contributed by atoms with Gasteiger partial charge >= 0.3 is 0 Å². The number of nitrogens with one attached hydrogen (secondary N) is 1. The second-order valence-corrected chi connectivity index (χ2v) is 2.79. The Balaban J connectivity index is 0.000000461. The third-order valence-electron chi connectivity index (χ3n) is 2.03. The molecule has 0 saturated carbocycles. The number of hydrogen-bond donors (Lipinski definition) is 1. The van der Waals surface area contributed by atoms with Gasteiger partial charge in [0.2, 0.25) is 0 Å². The summed E-state index contributed by atoms with van der Waals surface area (Å²) in [5, 5.41) is 8.42. The molecule has 0 bridgehead atoms. The van der Waals surface area contributed by atoms with Crippen molar-refractivity contribution >= 4 is 16.6 Å². The third-order valence-corrected chi connectivity index (χ3v) is 2.03. The van der Waals surface area contributed by atoms with Crippen LogP contribution >= 0.6 is 0 Å². The zero-order valence-corrected chi connectivity index (χ0v) is 9.20. The van der Waals surface area contributed by atoms with Gasteiger partial charge in [0.15, 0.2) is 0 Å². The Morgan fingerprint density at radius 1 is 1.29 bits per heavy atom. The molecule has 2 aromatic rings. The van der Waals surface area contributed by atoms with Crippen LogP contribution in [0.5, 0.6) is 0 Å². The van der Waals surface area contributed by atoms with Crippen LogP contribution in [0.15, 0.2) is 24.4 Å². The summed E-state index contributed by atoms with van der Waals surface area (Å²) in [4.78, 5) is 0. The Labute approximate surface area is 84.7 Å². The first-order chi connectivity index (χ1) is 6.81. The van der Waals surface area contributed by atoms with Crippen LogP contribution in [0.4, 0.5) is 5.69 Å². The van der Waals surface area contributed by atoms with Crippen LogP contribution < -0.4 is 5.32 Å². The van der Waals surface area contributed by atoms with Gasteiger partial charge in [0.1, 0.15) is 0 Å². The van der Waals surface area contributed by atoms with E-state index < -0.39 is 0 Å². The largest absolute Gasteiger partial charge is 0.388 e. The van der Waals surface area contributed by atoms with Gasteiger partial charge in [0, 0.05) is 25.2 Å². The summed E-state index contributed by atoms with van der Waals surface area (Å²) in [6, 6.07) is 6.19. The molecule has 3 heteroatoms. The van der Waals surface area contributed by atoms with E-state index >= 15 is 0 Å². The van der Waals surface area contributed by atoms with Crippen LogP contribution in [0.3, 0.4) is 0 Å². The highest BCUT2D eigenvalue weighted by Gasteiger charge is 1.98. The SMILES string of the molecule is CC.CNc1ccc2c(cnn2C)c1. The maximum atomic E-state index is 4.16. The first kappa shape index (κ1) is 10.6. The van der Waals surface area contributed by atoms with E-state index in [1.54, 1.807) is 0 Å². The normalized spacial score (nSPS) is 9.43. The molecule has 0 radical (unpaired) electrons. The van der Waals surface area contributed by atoms with Gasteiger partial charge < -0.3 is 5.32 Å². The van der Waals surface area contributed by atoms with Crippen LogP contribution in [0.25, 0.3) is 10.9 Å².